The molecule has 2 aromatic rings. The highest BCUT2D eigenvalue weighted by Gasteiger charge is 2.18. The molecule has 0 saturated heterocycles. The first kappa shape index (κ1) is 12.0. The zero-order valence-electron chi connectivity index (χ0n) is 9.46. The third-order valence-corrected chi connectivity index (χ3v) is 2.35. The smallest absolute Gasteiger partial charge is 0.359 e. The highest BCUT2D eigenvalue weighted by Crippen LogP contribution is 2.15. The van der Waals surface area contributed by atoms with Crippen molar-refractivity contribution in [2.45, 2.75) is 0 Å². The third kappa shape index (κ3) is 2.00. The van der Waals surface area contributed by atoms with Crippen molar-refractivity contribution in [2.24, 2.45) is 0 Å². The summed E-state index contributed by atoms with van der Waals surface area (Å²) in [6, 6.07) is 5.90. The molecule has 0 aliphatic heterocycles. The number of nitrogens with zero attached hydrogens (tertiary/aromatic N) is 2. The largest absolute Gasteiger partial charge is 0.464 e. The average molecular weight is 248 g/mol. The zero-order valence-corrected chi connectivity index (χ0v) is 9.46. The number of methoxy groups -OCH3 is 1. The molecule has 0 fully saturated rings. The molecule has 18 heavy (non-hydrogen) atoms. The van der Waals surface area contributed by atoms with E-state index in [1.54, 1.807) is 6.07 Å². The topological polar surface area (TPSA) is 61.2 Å². The lowest BCUT2D eigenvalue weighted by molar-refractivity contribution is 0.0591. The van der Waals surface area contributed by atoms with Crippen molar-refractivity contribution in [1.29, 1.82) is 0 Å². The summed E-state index contributed by atoms with van der Waals surface area (Å²) < 4.78 is 19.2. The monoisotopic (exact) mass is 248 g/mol. The van der Waals surface area contributed by atoms with E-state index < -0.39 is 11.8 Å². The maximum atomic E-state index is 13.5. The van der Waals surface area contributed by atoms with E-state index in [1.807, 2.05) is 0 Å². The van der Waals surface area contributed by atoms with Crippen LogP contribution in [0.3, 0.4) is 0 Å². The summed E-state index contributed by atoms with van der Waals surface area (Å²) >= 11 is 0. The van der Waals surface area contributed by atoms with Gasteiger partial charge in [0.05, 0.1) is 12.7 Å². The summed E-state index contributed by atoms with van der Waals surface area (Å²) in [7, 11) is 1.18. The second-order valence-electron chi connectivity index (χ2n) is 3.44. The van der Waals surface area contributed by atoms with Gasteiger partial charge >= 0.3 is 5.97 Å². The molecule has 1 aromatic carbocycles. The zero-order chi connectivity index (χ0) is 13.1. The van der Waals surface area contributed by atoms with Gasteiger partial charge in [0.25, 0.3) is 0 Å². The van der Waals surface area contributed by atoms with Gasteiger partial charge in [-0.3, -0.25) is 4.79 Å². The van der Waals surface area contributed by atoms with Crippen LogP contribution in [0.4, 0.5) is 4.39 Å². The highest BCUT2D eigenvalue weighted by atomic mass is 19.1. The number of para-hydroxylation sites is 1. The predicted octanol–water partition coefficient (Wildman–Crippen LogP) is 1.61. The number of carbonyl (C=O) groups excluding carboxylic acids is 2. The molecule has 0 amide bonds. The summed E-state index contributed by atoms with van der Waals surface area (Å²) in [4.78, 5) is 22.2. The van der Waals surface area contributed by atoms with Crippen LogP contribution in [-0.4, -0.2) is 29.1 Å². The predicted molar refractivity (Wildman–Crippen MR) is 60.2 cm³/mol. The Kier molecular flexibility index (Phi) is 3.18. The van der Waals surface area contributed by atoms with Gasteiger partial charge < -0.3 is 4.74 Å². The summed E-state index contributed by atoms with van der Waals surface area (Å²) in [5.74, 6) is -1.25. The molecular weight excluding hydrogens is 239 g/mol. The summed E-state index contributed by atoms with van der Waals surface area (Å²) in [6.45, 7) is 0. The number of benzene rings is 1. The van der Waals surface area contributed by atoms with Crippen LogP contribution >= 0.6 is 0 Å². The summed E-state index contributed by atoms with van der Waals surface area (Å²) in [5, 5.41) is 3.85. The van der Waals surface area contributed by atoms with E-state index in [-0.39, 0.29) is 16.9 Å². The number of aldehydes is 1. The Morgan fingerprint density at radius 1 is 1.44 bits per heavy atom. The minimum Gasteiger partial charge on any atom is -0.464 e. The van der Waals surface area contributed by atoms with Gasteiger partial charge in [0, 0.05) is 6.20 Å². The second-order valence-corrected chi connectivity index (χ2v) is 3.44. The first-order chi connectivity index (χ1) is 8.67. The van der Waals surface area contributed by atoms with Crippen molar-refractivity contribution >= 4 is 12.3 Å². The fraction of sp³-hybridized carbons (Fsp3) is 0.0833. The molecule has 6 heteroatoms. The van der Waals surface area contributed by atoms with Gasteiger partial charge in [-0.25, -0.2) is 13.9 Å². The van der Waals surface area contributed by atoms with Gasteiger partial charge in [0.15, 0.2) is 12.0 Å². The van der Waals surface area contributed by atoms with E-state index in [9.17, 15) is 14.0 Å². The van der Waals surface area contributed by atoms with Crippen molar-refractivity contribution in [3.8, 4) is 5.69 Å². The van der Waals surface area contributed by atoms with Crippen LogP contribution in [-0.2, 0) is 4.74 Å². The number of esters is 1. The highest BCUT2D eigenvalue weighted by molar-refractivity contribution is 5.96. The standard InChI is InChI=1S/C12H9FN2O3/c1-18-12(17)11-8(7-16)6-15(14-11)10-5-3-2-4-9(10)13/h2-7H,1H3. The maximum Gasteiger partial charge on any atom is 0.359 e. The number of hydrogen-bond donors (Lipinski definition) is 0. The lowest BCUT2D eigenvalue weighted by Gasteiger charge is -2.01. The molecule has 5 nitrogen and oxygen atoms in total. The molecule has 92 valence electrons. The number of aromatic nitrogens is 2. The first-order valence-electron chi connectivity index (χ1n) is 5.05. The molecule has 0 radical (unpaired) electrons. The van der Waals surface area contributed by atoms with Crippen molar-refractivity contribution in [1.82, 2.24) is 9.78 Å². The summed E-state index contributed by atoms with van der Waals surface area (Å²) in [6.07, 6.45) is 1.74. The number of carbonyl (C=O) groups is 2. The molecule has 0 bridgehead atoms. The molecule has 1 heterocycles. The van der Waals surface area contributed by atoms with Crippen LogP contribution < -0.4 is 0 Å². The van der Waals surface area contributed by atoms with Crippen LogP contribution in [0.2, 0.25) is 0 Å². The minimum absolute atomic E-state index is 0.0464. The lowest BCUT2D eigenvalue weighted by Crippen LogP contribution is -2.06. The normalized spacial score (nSPS) is 10.1. The van der Waals surface area contributed by atoms with Crippen molar-refractivity contribution in [3.63, 3.8) is 0 Å². The van der Waals surface area contributed by atoms with E-state index in [2.05, 4.69) is 9.84 Å². The molecule has 0 atom stereocenters. The molecule has 0 aliphatic rings. The minimum atomic E-state index is -0.743. The summed E-state index contributed by atoms with van der Waals surface area (Å²) in [5.41, 5.74) is 0.0524. The molecule has 0 aliphatic carbocycles. The van der Waals surface area contributed by atoms with E-state index in [0.29, 0.717) is 6.29 Å². The average Bonchev–Trinajstić information content (AvgIpc) is 2.82. The quantitative estimate of drug-likeness (QED) is 0.611. The molecule has 0 saturated carbocycles. The van der Waals surface area contributed by atoms with E-state index in [0.717, 1.165) is 4.68 Å². The molecule has 0 unspecified atom stereocenters. The van der Waals surface area contributed by atoms with Gasteiger partial charge in [0.2, 0.25) is 0 Å². The van der Waals surface area contributed by atoms with Crippen LogP contribution in [0.1, 0.15) is 20.8 Å². The van der Waals surface area contributed by atoms with Crippen molar-refractivity contribution in [2.75, 3.05) is 7.11 Å². The Morgan fingerprint density at radius 3 is 2.78 bits per heavy atom. The van der Waals surface area contributed by atoms with E-state index in [1.165, 1.54) is 31.5 Å². The Morgan fingerprint density at radius 2 is 2.17 bits per heavy atom. The molecule has 2 rings (SSSR count). The fourth-order valence-corrected chi connectivity index (χ4v) is 1.49. The number of halogens is 1. The Hall–Kier alpha value is -2.50. The van der Waals surface area contributed by atoms with Crippen LogP contribution in [0.25, 0.3) is 5.69 Å². The second kappa shape index (κ2) is 4.79. The van der Waals surface area contributed by atoms with E-state index in [4.69, 9.17) is 0 Å². The molecule has 1 aromatic heterocycles. The van der Waals surface area contributed by atoms with Crippen LogP contribution in [0.5, 0.6) is 0 Å². The van der Waals surface area contributed by atoms with Crippen molar-refractivity contribution < 1.29 is 18.7 Å². The number of rotatable bonds is 3. The van der Waals surface area contributed by atoms with Gasteiger partial charge in [-0.15, -0.1) is 0 Å². The molecular formula is C12H9FN2O3. The maximum absolute atomic E-state index is 13.5. The van der Waals surface area contributed by atoms with Gasteiger partial charge in [0.1, 0.15) is 11.5 Å². The van der Waals surface area contributed by atoms with Crippen LogP contribution in [0, 0.1) is 5.82 Å². The van der Waals surface area contributed by atoms with Crippen LogP contribution in [0.15, 0.2) is 30.5 Å². The lowest BCUT2D eigenvalue weighted by atomic mass is 10.3. The van der Waals surface area contributed by atoms with Crippen molar-refractivity contribution in [3.05, 3.63) is 47.5 Å². The number of ether oxygens (including phenoxy) is 1. The third-order valence-electron chi connectivity index (χ3n) is 2.35. The van der Waals surface area contributed by atoms with Gasteiger partial charge in [-0.2, -0.15) is 5.10 Å². The Labute approximate surface area is 102 Å². The first-order valence-corrected chi connectivity index (χ1v) is 5.05. The van der Waals surface area contributed by atoms with Gasteiger partial charge in [-0.05, 0) is 12.1 Å². The Bertz CT molecular complexity index is 607. The van der Waals surface area contributed by atoms with E-state index >= 15 is 0 Å². The molecule has 0 N–H and O–H groups in total. The van der Waals surface area contributed by atoms with Gasteiger partial charge in [-0.1, -0.05) is 12.1 Å². The Balaban J connectivity index is 2.54. The number of hydrogen-bond acceptors (Lipinski definition) is 4. The fourth-order valence-electron chi connectivity index (χ4n) is 1.49. The SMILES string of the molecule is COC(=O)c1nn(-c2ccccc2F)cc1C=O. The molecule has 0 spiro atoms.